The average molecular weight is 331 g/mol. The molecule has 2 aliphatic rings. The minimum atomic E-state index is -0.352. The molecule has 1 fully saturated rings. The zero-order chi connectivity index (χ0) is 17.1. The second-order valence-electron chi connectivity index (χ2n) is 5.98. The molecule has 1 unspecified atom stereocenters. The fourth-order valence-electron chi connectivity index (χ4n) is 2.99. The van der Waals surface area contributed by atoms with Crippen LogP contribution in [-0.2, 0) is 4.74 Å². The Bertz CT molecular complexity index is 668. The predicted molar refractivity (Wildman–Crippen MR) is 87.0 cm³/mol. The molecule has 0 aliphatic carbocycles. The van der Waals surface area contributed by atoms with Crippen LogP contribution in [-0.4, -0.2) is 62.0 Å². The number of hydrogen-bond acceptors (Lipinski definition) is 5. The first-order valence-corrected chi connectivity index (χ1v) is 8.16. The summed E-state index contributed by atoms with van der Waals surface area (Å²) < 4.78 is 5.51. The summed E-state index contributed by atoms with van der Waals surface area (Å²) in [5, 5.41) is 5.69. The summed E-state index contributed by atoms with van der Waals surface area (Å²) in [7, 11) is 1.80. The molecule has 0 bridgehead atoms. The molecule has 2 aliphatic heterocycles. The van der Waals surface area contributed by atoms with Crippen LogP contribution in [0.1, 0.15) is 43.9 Å². The van der Waals surface area contributed by atoms with Crippen molar-refractivity contribution in [2.75, 3.05) is 33.3 Å². The van der Waals surface area contributed by atoms with Gasteiger partial charge in [-0.25, -0.2) is 0 Å². The van der Waals surface area contributed by atoms with E-state index in [0.29, 0.717) is 36.4 Å². The van der Waals surface area contributed by atoms with Crippen LogP contribution in [0.2, 0.25) is 0 Å². The number of hydrogen-bond donors (Lipinski definition) is 2. The summed E-state index contributed by atoms with van der Waals surface area (Å²) in [6, 6.07) is 4.63. The fourth-order valence-corrected chi connectivity index (χ4v) is 2.99. The van der Waals surface area contributed by atoms with Crippen molar-refractivity contribution in [1.29, 1.82) is 0 Å². The van der Waals surface area contributed by atoms with Crippen molar-refractivity contribution >= 4 is 17.7 Å². The van der Waals surface area contributed by atoms with Gasteiger partial charge in [0.25, 0.3) is 17.7 Å². The van der Waals surface area contributed by atoms with E-state index >= 15 is 0 Å². The first kappa shape index (κ1) is 16.6. The van der Waals surface area contributed by atoms with Crippen molar-refractivity contribution in [2.24, 2.45) is 0 Å². The first-order chi connectivity index (χ1) is 11.6. The van der Waals surface area contributed by atoms with E-state index in [1.807, 2.05) is 0 Å². The molecule has 1 aromatic carbocycles. The number of amides is 3. The molecule has 0 aromatic heterocycles. The molecule has 7 nitrogen and oxygen atoms in total. The van der Waals surface area contributed by atoms with Crippen molar-refractivity contribution in [1.82, 2.24) is 15.5 Å². The molecule has 1 saturated heterocycles. The van der Waals surface area contributed by atoms with Crippen molar-refractivity contribution in [3.8, 4) is 0 Å². The maximum atomic E-state index is 12.5. The Labute approximate surface area is 140 Å². The minimum Gasteiger partial charge on any atom is -0.376 e. The number of carbonyl (C=O) groups excluding carboxylic acids is 3. The van der Waals surface area contributed by atoms with Crippen LogP contribution in [0.25, 0.3) is 0 Å². The summed E-state index contributed by atoms with van der Waals surface area (Å²) in [4.78, 5) is 38.3. The zero-order valence-corrected chi connectivity index (χ0v) is 13.6. The van der Waals surface area contributed by atoms with E-state index in [9.17, 15) is 14.4 Å². The maximum Gasteiger partial charge on any atom is 0.261 e. The van der Waals surface area contributed by atoms with Crippen LogP contribution in [0.5, 0.6) is 0 Å². The third-order valence-electron chi connectivity index (χ3n) is 4.30. The highest BCUT2D eigenvalue weighted by molar-refractivity contribution is 6.22. The Morgan fingerprint density at radius 2 is 2.04 bits per heavy atom. The zero-order valence-electron chi connectivity index (χ0n) is 13.6. The average Bonchev–Trinajstić information content (AvgIpc) is 3.18. The van der Waals surface area contributed by atoms with Crippen molar-refractivity contribution < 1.29 is 19.1 Å². The van der Waals surface area contributed by atoms with Gasteiger partial charge in [0, 0.05) is 25.3 Å². The van der Waals surface area contributed by atoms with Gasteiger partial charge in [-0.1, -0.05) is 0 Å². The molecular weight excluding hydrogens is 310 g/mol. The third-order valence-corrected chi connectivity index (χ3v) is 4.30. The second-order valence-corrected chi connectivity index (χ2v) is 5.98. The monoisotopic (exact) mass is 331 g/mol. The lowest BCUT2D eigenvalue weighted by Gasteiger charge is -2.17. The number of carbonyl (C=O) groups is 3. The normalized spacial score (nSPS) is 19.7. The summed E-state index contributed by atoms with van der Waals surface area (Å²) >= 11 is 0. The number of imide groups is 1. The standard InChI is InChI=1S/C17H21N3O4/c1-18-6-7-19-15(21)11-4-5-13-14(9-11)17(23)20(16(13)22)10-12-3-2-8-24-12/h4-5,9,12,18H,2-3,6-8,10H2,1H3,(H,19,21). The smallest absolute Gasteiger partial charge is 0.261 e. The molecule has 3 rings (SSSR count). The lowest BCUT2D eigenvalue weighted by molar-refractivity contribution is 0.0475. The first-order valence-electron chi connectivity index (χ1n) is 8.16. The number of nitrogens with one attached hydrogen (secondary N) is 2. The molecule has 0 saturated carbocycles. The van der Waals surface area contributed by atoms with E-state index in [0.717, 1.165) is 12.8 Å². The Hall–Kier alpha value is -2.25. The second kappa shape index (κ2) is 7.11. The van der Waals surface area contributed by atoms with Crippen LogP contribution in [0, 0.1) is 0 Å². The molecule has 2 heterocycles. The fraction of sp³-hybridized carbons (Fsp3) is 0.471. The Morgan fingerprint density at radius 3 is 2.75 bits per heavy atom. The van der Waals surface area contributed by atoms with E-state index in [2.05, 4.69) is 10.6 Å². The molecule has 2 N–H and O–H groups in total. The molecule has 1 atom stereocenters. The number of nitrogens with zero attached hydrogens (tertiary/aromatic N) is 1. The maximum absolute atomic E-state index is 12.5. The molecule has 0 spiro atoms. The summed E-state index contributed by atoms with van der Waals surface area (Å²) in [6.07, 6.45) is 1.72. The van der Waals surface area contributed by atoms with Gasteiger partial charge in [-0.3, -0.25) is 19.3 Å². The molecular formula is C17H21N3O4. The Kier molecular flexibility index (Phi) is 4.92. The minimum absolute atomic E-state index is 0.0866. The number of ether oxygens (including phenoxy) is 1. The van der Waals surface area contributed by atoms with E-state index in [1.54, 1.807) is 19.2 Å². The molecule has 24 heavy (non-hydrogen) atoms. The molecule has 128 valence electrons. The van der Waals surface area contributed by atoms with E-state index in [1.165, 1.54) is 11.0 Å². The highest BCUT2D eigenvalue weighted by Crippen LogP contribution is 2.26. The Balaban J connectivity index is 1.74. The van der Waals surface area contributed by atoms with Crippen molar-refractivity contribution in [3.05, 3.63) is 34.9 Å². The van der Waals surface area contributed by atoms with Gasteiger partial charge in [0.1, 0.15) is 0 Å². The van der Waals surface area contributed by atoms with Gasteiger partial charge < -0.3 is 15.4 Å². The van der Waals surface area contributed by atoms with Gasteiger partial charge in [-0.2, -0.15) is 0 Å². The van der Waals surface area contributed by atoms with Gasteiger partial charge in [0.15, 0.2) is 0 Å². The Morgan fingerprint density at radius 1 is 1.25 bits per heavy atom. The van der Waals surface area contributed by atoms with Gasteiger partial charge in [-0.05, 0) is 38.1 Å². The lowest BCUT2D eigenvalue weighted by Crippen LogP contribution is -2.36. The largest absolute Gasteiger partial charge is 0.376 e. The van der Waals surface area contributed by atoms with Crippen LogP contribution in [0.4, 0.5) is 0 Å². The van der Waals surface area contributed by atoms with Gasteiger partial charge in [-0.15, -0.1) is 0 Å². The molecule has 0 radical (unpaired) electrons. The molecule has 3 amide bonds. The SMILES string of the molecule is CNCCNC(=O)c1ccc2c(c1)C(=O)N(CC1CCCO1)C2=O. The van der Waals surface area contributed by atoms with Crippen molar-refractivity contribution in [3.63, 3.8) is 0 Å². The van der Waals surface area contributed by atoms with E-state index in [4.69, 9.17) is 4.74 Å². The van der Waals surface area contributed by atoms with Crippen LogP contribution >= 0.6 is 0 Å². The van der Waals surface area contributed by atoms with Crippen molar-refractivity contribution in [2.45, 2.75) is 18.9 Å². The van der Waals surface area contributed by atoms with Gasteiger partial charge >= 0.3 is 0 Å². The van der Waals surface area contributed by atoms with E-state index < -0.39 is 0 Å². The molecule has 7 heteroatoms. The van der Waals surface area contributed by atoms with E-state index in [-0.39, 0.29) is 30.4 Å². The highest BCUT2D eigenvalue weighted by Gasteiger charge is 2.37. The number of rotatable bonds is 6. The highest BCUT2D eigenvalue weighted by atomic mass is 16.5. The lowest BCUT2D eigenvalue weighted by atomic mass is 10.1. The number of likely N-dealkylation sites (N-methyl/N-ethyl adjacent to an activating group) is 1. The van der Waals surface area contributed by atoms with Crippen LogP contribution in [0.3, 0.4) is 0 Å². The van der Waals surface area contributed by atoms with Crippen LogP contribution in [0.15, 0.2) is 18.2 Å². The number of fused-ring (bicyclic) bond motifs is 1. The topological polar surface area (TPSA) is 87.7 Å². The van der Waals surface area contributed by atoms with Gasteiger partial charge in [0.05, 0.1) is 23.8 Å². The molecule has 1 aromatic rings. The van der Waals surface area contributed by atoms with Gasteiger partial charge in [0.2, 0.25) is 0 Å². The number of benzene rings is 1. The quantitative estimate of drug-likeness (QED) is 0.582. The van der Waals surface area contributed by atoms with Crippen LogP contribution < -0.4 is 10.6 Å². The summed E-state index contributed by atoms with van der Waals surface area (Å²) in [5.74, 6) is -0.922. The predicted octanol–water partition coefficient (Wildman–Crippen LogP) is 0.411. The third kappa shape index (κ3) is 3.18. The summed E-state index contributed by atoms with van der Waals surface area (Å²) in [5.41, 5.74) is 1.02. The summed E-state index contributed by atoms with van der Waals surface area (Å²) in [6.45, 7) is 2.09.